The average Bonchev–Trinajstić information content (AvgIpc) is 3.01. The monoisotopic (exact) mass is 625 g/mol. The molecule has 0 heterocycles. The summed E-state index contributed by atoms with van der Waals surface area (Å²) in [6.07, 6.45) is 14.0. The molecule has 0 unspecified atom stereocenters. The van der Waals surface area contributed by atoms with Crippen LogP contribution >= 0.6 is 0 Å². The van der Waals surface area contributed by atoms with Crippen molar-refractivity contribution in [2.24, 2.45) is 17.8 Å². The minimum absolute atomic E-state index is 0.833. The Bertz CT molecular complexity index is 890. The SMILES string of the molecule is C/C(=C(/C)c1cc(C)ccc1C)c1ccccc1C.CC.CC.CC(C)C.CCCC(C)CCC.CCCC(CCC)CCC. The van der Waals surface area contributed by atoms with Gasteiger partial charge in [0.2, 0.25) is 0 Å². The summed E-state index contributed by atoms with van der Waals surface area (Å²) in [5, 5.41) is 0. The largest absolute Gasteiger partial charge is 0.0683 e. The maximum atomic E-state index is 2.34. The third-order valence-electron chi connectivity index (χ3n) is 7.56. The van der Waals surface area contributed by atoms with Crippen LogP contribution in [-0.4, -0.2) is 0 Å². The molecule has 2 aromatic rings. The van der Waals surface area contributed by atoms with Crippen LogP contribution in [0.25, 0.3) is 11.1 Å². The number of rotatable bonds is 12. The zero-order valence-electron chi connectivity index (χ0n) is 34.3. The first-order valence-electron chi connectivity index (χ1n) is 19.2. The lowest BCUT2D eigenvalue weighted by Gasteiger charge is -2.14. The summed E-state index contributed by atoms with van der Waals surface area (Å²) in [5.74, 6) is 2.82. The molecule has 0 fully saturated rings. The molecule has 0 N–H and O–H groups in total. The van der Waals surface area contributed by atoms with E-state index in [9.17, 15) is 0 Å². The summed E-state index contributed by atoms with van der Waals surface area (Å²) < 4.78 is 0. The van der Waals surface area contributed by atoms with Crippen LogP contribution in [0.5, 0.6) is 0 Å². The number of aryl methyl sites for hydroxylation is 3. The Morgan fingerprint density at radius 2 is 0.867 bits per heavy atom. The van der Waals surface area contributed by atoms with Crippen LogP contribution in [0.1, 0.15) is 196 Å². The lowest BCUT2D eigenvalue weighted by molar-refractivity contribution is 0.407. The number of benzene rings is 2. The van der Waals surface area contributed by atoms with E-state index in [1.807, 2.05) is 27.7 Å². The molecule has 2 aromatic carbocycles. The molecule has 0 saturated carbocycles. The molecule has 0 spiro atoms. The molecule has 0 nitrogen and oxygen atoms in total. The zero-order valence-corrected chi connectivity index (χ0v) is 34.3. The van der Waals surface area contributed by atoms with Gasteiger partial charge in [-0.2, -0.15) is 0 Å². The fourth-order valence-electron chi connectivity index (χ4n) is 5.33. The van der Waals surface area contributed by atoms with Crippen molar-refractivity contribution in [2.75, 3.05) is 0 Å². The Kier molecular flexibility index (Phi) is 39.0. The van der Waals surface area contributed by atoms with Gasteiger partial charge >= 0.3 is 0 Å². The van der Waals surface area contributed by atoms with Gasteiger partial charge in [-0.25, -0.2) is 0 Å². The van der Waals surface area contributed by atoms with Crippen molar-refractivity contribution in [1.29, 1.82) is 0 Å². The molecule has 0 aliphatic rings. The summed E-state index contributed by atoms with van der Waals surface area (Å²) in [7, 11) is 0. The van der Waals surface area contributed by atoms with E-state index < -0.39 is 0 Å². The molecule has 0 amide bonds. The highest BCUT2D eigenvalue weighted by molar-refractivity contribution is 5.90. The van der Waals surface area contributed by atoms with E-state index in [1.54, 1.807) is 0 Å². The maximum Gasteiger partial charge on any atom is -0.0193 e. The molecular formula is C45H84. The van der Waals surface area contributed by atoms with Gasteiger partial charge in [-0.05, 0) is 85.8 Å². The molecule has 0 bridgehead atoms. The molecule has 45 heavy (non-hydrogen) atoms. The first-order valence-corrected chi connectivity index (χ1v) is 19.2. The van der Waals surface area contributed by atoms with Gasteiger partial charge in [-0.1, -0.05) is 202 Å². The third-order valence-corrected chi connectivity index (χ3v) is 7.56. The van der Waals surface area contributed by atoms with Crippen LogP contribution in [0.15, 0.2) is 42.5 Å². The fourth-order valence-corrected chi connectivity index (χ4v) is 5.33. The summed E-state index contributed by atoms with van der Waals surface area (Å²) in [5.41, 5.74) is 9.45. The summed E-state index contributed by atoms with van der Waals surface area (Å²) in [6, 6.07) is 15.3. The molecule has 2 rings (SSSR count). The topological polar surface area (TPSA) is 0 Å². The lowest BCUT2D eigenvalue weighted by Crippen LogP contribution is -1.98. The Morgan fingerprint density at radius 1 is 0.511 bits per heavy atom. The Morgan fingerprint density at radius 3 is 1.24 bits per heavy atom. The minimum atomic E-state index is 0.833. The van der Waals surface area contributed by atoms with Crippen molar-refractivity contribution in [1.82, 2.24) is 0 Å². The molecule has 264 valence electrons. The summed E-state index contributed by atoms with van der Waals surface area (Å²) in [4.78, 5) is 0. The molecule has 0 heteroatoms. The van der Waals surface area contributed by atoms with Crippen molar-refractivity contribution in [3.63, 3.8) is 0 Å². The third kappa shape index (κ3) is 28.2. The first-order chi connectivity index (χ1) is 21.4. The van der Waals surface area contributed by atoms with Crippen molar-refractivity contribution < 1.29 is 0 Å². The van der Waals surface area contributed by atoms with Crippen molar-refractivity contribution in [2.45, 2.75) is 189 Å². The van der Waals surface area contributed by atoms with Gasteiger partial charge in [-0.15, -0.1) is 0 Å². The molecule has 0 aliphatic carbocycles. The zero-order chi connectivity index (χ0) is 35.8. The first kappa shape index (κ1) is 50.0. The van der Waals surface area contributed by atoms with Gasteiger partial charge in [0.25, 0.3) is 0 Å². The van der Waals surface area contributed by atoms with E-state index in [2.05, 4.69) is 139 Å². The van der Waals surface area contributed by atoms with Crippen LogP contribution in [0, 0.1) is 38.5 Å². The fraction of sp³-hybridized carbons (Fsp3) is 0.689. The van der Waals surface area contributed by atoms with Crippen LogP contribution in [0.3, 0.4) is 0 Å². The van der Waals surface area contributed by atoms with Gasteiger partial charge < -0.3 is 0 Å². The highest BCUT2D eigenvalue weighted by Gasteiger charge is 2.08. The molecule has 0 saturated heterocycles. The smallest absolute Gasteiger partial charge is 0.0193 e. The van der Waals surface area contributed by atoms with Crippen LogP contribution in [0.4, 0.5) is 0 Å². The van der Waals surface area contributed by atoms with Gasteiger partial charge in [0, 0.05) is 0 Å². The highest BCUT2D eigenvalue weighted by Crippen LogP contribution is 2.29. The van der Waals surface area contributed by atoms with E-state index in [-0.39, 0.29) is 0 Å². The van der Waals surface area contributed by atoms with Gasteiger partial charge in [-0.3, -0.25) is 0 Å². The van der Waals surface area contributed by atoms with Crippen molar-refractivity contribution in [3.8, 4) is 0 Å². The van der Waals surface area contributed by atoms with E-state index in [1.165, 1.54) is 103 Å². The van der Waals surface area contributed by atoms with Crippen LogP contribution in [0.2, 0.25) is 0 Å². The van der Waals surface area contributed by atoms with Crippen molar-refractivity contribution in [3.05, 3.63) is 70.3 Å². The quantitative estimate of drug-likeness (QED) is 0.206. The van der Waals surface area contributed by atoms with Gasteiger partial charge in [0.1, 0.15) is 0 Å². The van der Waals surface area contributed by atoms with Crippen LogP contribution in [-0.2, 0) is 0 Å². The second-order valence-corrected chi connectivity index (χ2v) is 13.0. The summed E-state index contributed by atoms with van der Waals surface area (Å²) >= 11 is 0. The second kappa shape index (κ2) is 35.0. The summed E-state index contributed by atoms with van der Waals surface area (Å²) in [6.45, 7) is 39.2. The number of hydrogen-bond donors (Lipinski definition) is 0. The normalized spacial score (nSPS) is 10.5. The molecule has 0 atom stereocenters. The molecule has 0 aromatic heterocycles. The van der Waals surface area contributed by atoms with E-state index >= 15 is 0 Å². The van der Waals surface area contributed by atoms with E-state index in [4.69, 9.17) is 0 Å². The predicted octanol–water partition coefficient (Wildman–Crippen LogP) is 16.5. The van der Waals surface area contributed by atoms with E-state index in [0.717, 1.165) is 17.8 Å². The highest BCUT2D eigenvalue weighted by atomic mass is 14.1. The van der Waals surface area contributed by atoms with Crippen LogP contribution < -0.4 is 0 Å². The lowest BCUT2D eigenvalue weighted by atomic mass is 9.91. The Labute approximate surface area is 287 Å². The standard InChI is InChI=1S/C19H22.C10H22.C8H18.C4H10.2C2H6/c1-13-10-11-15(3)19(12-13)17(5)16(4)18-9-7-6-8-14(18)2;1-4-7-10(8-5-2)9-6-3;1-4-6-8(3)7-5-2;1-4(2)3;2*1-2/h6-12H,1-5H3;10H,4-9H2,1-3H3;8H,4-7H2,1-3H3;4H,1-3H3;2*1-2H3/b17-16+;;;;;. The number of allylic oxidation sites excluding steroid dienone is 2. The molecular weight excluding hydrogens is 540 g/mol. The second-order valence-electron chi connectivity index (χ2n) is 13.0. The molecule has 0 radical (unpaired) electrons. The Hall–Kier alpha value is -1.82. The average molecular weight is 625 g/mol. The van der Waals surface area contributed by atoms with Gasteiger partial charge in [0.15, 0.2) is 0 Å². The Balaban J connectivity index is -0.000000274. The predicted molar refractivity (Wildman–Crippen MR) is 216 cm³/mol. The van der Waals surface area contributed by atoms with E-state index in [0.29, 0.717) is 0 Å². The minimum Gasteiger partial charge on any atom is -0.0683 e. The van der Waals surface area contributed by atoms with Gasteiger partial charge in [0.05, 0.1) is 0 Å². The number of hydrogen-bond acceptors (Lipinski definition) is 0. The molecule has 0 aliphatic heterocycles. The van der Waals surface area contributed by atoms with Crippen molar-refractivity contribution >= 4 is 11.1 Å². The maximum absolute atomic E-state index is 2.34.